The van der Waals surface area contributed by atoms with Gasteiger partial charge in [0.1, 0.15) is 0 Å². The fourth-order valence-corrected chi connectivity index (χ4v) is 3.57. The molecule has 7 heteroatoms. The van der Waals surface area contributed by atoms with Gasteiger partial charge in [-0.15, -0.1) is 0 Å². The number of carbonyl (C=O) groups excluding carboxylic acids is 3. The van der Waals surface area contributed by atoms with E-state index in [9.17, 15) is 14.4 Å². The number of carbonyl (C=O) groups is 3. The third-order valence-corrected chi connectivity index (χ3v) is 5.39. The first-order valence-corrected chi connectivity index (χ1v) is 9.79. The molecule has 2 aromatic rings. The molecule has 0 bridgehead atoms. The van der Waals surface area contributed by atoms with Crippen LogP contribution >= 0.6 is 15.9 Å². The Morgan fingerprint density at radius 2 is 1.82 bits per heavy atom. The molecule has 1 aliphatic rings. The van der Waals surface area contributed by atoms with Crippen molar-refractivity contribution in [2.75, 3.05) is 30.9 Å². The molecule has 0 aromatic heterocycles. The second-order valence-electron chi connectivity index (χ2n) is 7.01. The van der Waals surface area contributed by atoms with E-state index in [1.54, 1.807) is 36.0 Å². The third kappa shape index (κ3) is 4.59. The smallest absolute Gasteiger partial charge is 0.229 e. The molecule has 1 aliphatic heterocycles. The number of likely N-dealkylation sites (N-methyl/N-ethyl adjacent to an activating group) is 1. The number of nitrogens with zero attached hydrogens (tertiary/aromatic N) is 2. The average Bonchev–Trinajstić information content (AvgIpc) is 3.05. The van der Waals surface area contributed by atoms with Crippen LogP contribution in [0.5, 0.6) is 0 Å². The fourth-order valence-electron chi connectivity index (χ4n) is 3.07. The van der Waals surface area contributed by atoms with E-state index in [-0.39, 0.29) is 24.1 Å². The van der Waals surface area contributed by atoms with Crippen molar-refractivity contribution in [3.63, 3.8) is 0 Å². The predicted octanol–water partition coefficient (Wildman–Crippen LogP) is 3.07. The number of hydrogen-bond donors (Lipinski definition) is 1. The summed E-state index contributed by atoms with van der Waals surface area (Å²) in [4.78, 5) is 40.0. The molecular weight excluding hydrogens is 422 g/mol. The Labute approximate surface area is 172 Å². The van der Waals surface area contributed by atoms with E-state index in [4.69, 9.17) is 0 Å². The van der Waals surface area contributed by atoms with Gasteiger partial charge in [-0.1, -0.05) is 24.3 Å². The minimum Gasteiger partial charge on any atom is -0.349 e. The molecule has 146 valence electrons. The Morgan fingerprint density at radius 1 is 1.14 bits per heavy atom. The zero-order valence-corrected chi connectivity index (χ0v) is 17.4. The summed E-state index contributed by atoms with van der Waals surface area (Å²) >= 11 is 3.46. The van der Waals surface area contributed by atoms with Crippen LogP contribution in [-0.2, 0) is 20.8 Å². The van der Waals surface area contributed by atoms with Gasteiger partial charge < -0.3 is 15.1 Å². The van der Waals surface area contributed by atoms with E-state index < -0.39 is 5.92 Å². The lowest BCUT2D eigenvalue weighted by Crippen LogP contribution is -2.28. The number of hydrogen-bond acceptors (Lipinski definition) is 3. The highest BCUT2D eigenvalue weighted by atomic mass is 79.9. The van der Waals surface area contributed by atoms with Gasteiger partial charge in [-0.3, -0.25) is 14.4 Å². The van der Waals surface area contributed by atoms with Gasteiger partial charge in [0.25, 0.3) is 0 Å². The summed E-state index contributed by atoms with van der Waals surface area (Å²) in [6, 6.07) is 14.7. The normalized spacial score (nSPS) is 16.2. The first-order valence-electron chi connectivity index (χ1n) is 9.00. The summed E-state index contributed by atoms with van der Waals surface area (Å²) < 4.78 is 0.826. The Bertz CT molecular complexity index is 896. The lowest BCUT2D eigenvalue weighted by molar-refractivity contribution is -0.128. The van der Waals surface area contributed by atoms with Gasteiger partial charge in [-0.2, -0.15) is 0 Å². The summed E-state index contributed by atoms with van der Waals surface area (Å²) in [5.41, 5.74) is 2.31. The van der Waals surface area contributed by atoms with Crippen LogP contribution in [-0.4, -0.2) is 43.3 Å². The van der Waals surface area contributed by atoms with Crippen molar-refractivity contribution in [3.05, 3.63) is 58.6 Å². The first kappa shape index (κ1) is 20.1. The average molecular weight is 444 g/mol. The van der Waals surface area contributed by atoms with E-state index in [2.05, 4.69) is 21.2 Å². The molecule has 1 fully saturated rings. The highest BCUT2D eigenvalue weighted by Gasteiger charge is 2.35. The molecule has 1 N–H and O–H groups in total. The molecule has 1 saturated heterocycles. The Balaban J connectivity index is 1.62. The van der Waals surface area contributed by atoms with Gasteiger partial charge in [0.15, 0.2) is 0 Å². The molecule has 3 amide bonds. The van der Waals surface area contributed by atoms with Crippen molar-refractivity contribution in [3.8, 4) is 0 Å². The van der Waals surface area contributed by atoms with E-state index in [1.165, 1.54) is 0 Å². The van der Waals surface area contributed by atoms with Crippen molar-refractivity contribution >= 4 is 45.0 Å². The number of halogens is 1. The van der Waals surface area contributed by atoms with Crippen LogP contribution in [0.2, 0.25) is 0 Å². The maximum absolute atomic E-state index is 12.6. The summed E-state index contributed by atoms with van der Waals surface area (Å²) in [5, 5.41) is 2.87. The lowest BCUT2D eigenvalue weighted by atomic mass is 10.1. The molecular formula is C21H22BrN3O3. The van der Waals surface area contributed by atoms with Crippen molar-refractivity contribution in [2.45, 2.75) is 12.8 Å². The minimum atomic E-state index is -0.408. The van der Waals surface area contributed by atoms with Crippen LogP contribution in [0.25, 0.3) is 0 Å². The second kappa shape index (κ2) is 8.56. The molecule has 28 heavy (non-hydrogen) atoms. The second-order valence-corrected chi connectivity index (χ2v) is 7.86. The Kier molecular flexibility index (Phi) is 6.14. The topological polar surface area (TPSA) is 69.7 Å². The third-order valence-electron chi connectivity index (χ3n) is 4.71. The SMILES string of the molecule is CN(C)C(=O)Cc1ccc(NC(=O)C2CC(=O)N(c3ccccc3Br)C2)cc1. The highest BCUT2D eigenvalue weighted by molar-refractivity contribution is 9.10. The molecule has 0 radical (unpaired) electrons. The number of nitrogens with one attached hydrogen (secondary N) is 1. The van der Waals surface area contributed by atoms with E-state index in [0.29, 0.717) is 18.7 Å². The molecule has 0 aliphatic carbocycles. The largest absolute Gasteiger partial charge is 0.349 e. The van der Waals surface area contributed by atoms with E-state index in [0.717, 1.165) is 15.7 Å². The summed E-state index contributed by atoms with van der Waals surface area (Å²) in [6.45, 7) is 0.350. The molecule has 1 heterocycles. The van der Waals surface area contributed by atoms with Crippen molar-refractivity contribution < 1.29 is 14.4 Å². The Morgan fingerprint density at radius 3 is 2.46 bits per heavy atom. The quantitative estimate of drug-likeness (QED) is 0.771. The zero-order chi connectivity index (χ0) is 20.3. The van der Waals surface area contributed by atoms with Crippen molar-refractivity contribution in [1.82, 2.24) is 4.90 Å². The Hall–Kier alpha value is -2.67. The van der Waals surface area contributed by atoms with Crippen LogP contribution in [0.4, 0.5) is 11.4 Å². The van der Waals surface area contributed by atoms with Crippen LogP contribution < -0.4 is 10.2 Å². The predicted molar refractivity (Wildman–Crippen MR) is 112 cm³/mol. The monoisotopic (exact) mass is 443 g/mol. The highest BCUT2D eigenvalue weighted by Crippen LogP contribution is 2.31. The van der Waals surface area contributed by atoms with E-state index in [1.807, 2.05) is 36.4 Å². The minimum absolute atomic E-state index is 0.0217. The lowest BCUT2D eigenvalue weighted by Gasteiger charge is -2.18. The number of benzene rings is 2. The fraction of sp³-hybridized carbons (Fsp3) is 0.286. The van der Waals surface area contributed by atoms with Crippen LogP contribution in [0.3, 0.4) is 0 Å². The van der Waals surface area contributed by atoms with Gasteiger partial charge >= 0.3 is 0 Å². The summed E-state index contributed by atoms with van der Waals surface area (Å²) in [7, 11) is 3.44. The maximum Gasteiger partial charge on any atom is 0.229 e. The molecule has 0 spiro atoms. The van der Waals surface area contributed by atoms with Crippen LogP contribution in [0.15, 0.2) is 53.0 Å². The van der Waals surface area contributed by atoms with Gasteiger partial charge in [0.2, 0.25) is 17.7 Å². The molecule has 6 nitrogen and oxygen atoms in total. The van der Waals surface area contributed by atoms with E-state index >= 15 is 0 Å². The number of anilines is 2. The standard InChI is InChI=1S/C21H22BrN3O3/c1-24(2)19(26)11-14-7-9-16(10-8-14)23-21(28)15-12-20(27)25(13-15)18-6-4-3-5-17(18)22/h3-10,15H,11-13H2,1-2H3,(H,23,28). The van der Waals surface area contributed by atoms with Crippen LogP contribution in [0.1, 0.15) is 12.0 Å². The number of para-hydroxylation sites is 1. The maximum atomic E-state index is 12.6. The summed E-state index contributed by atoms with van der Waals surface area (Å²) in [6.07, 6.45) is 0.502. The molecule has 0 saturated carbocycles. The van der Waals surface area contributed by atoms with Gasteiger partial charge in [-0.25, -0.2) is 0 Å². The van der Waals surface area contributed by atoms with Gasteiger partial charge in [0.05, 0.1) is 18.0 Å². The number of rotatable bonds is 5. The molecule has 3 rings (SSSR count). The number of amides is 3. The molecule has 2 aromatic carbocycles. The molecule has 1 atom stereocenters. The van der Waals surface area contributed by atoms with Crippen LogP contribution in [0, 0.1) is 5.92 Å². The molecule has 1 unspecified atom stereocenters. The zero-order valence-electron chi connectivity index (χ0n) is 15.8. The van der Waals surface area contributed by atoms with Crippen molar-refractivity contribution in [2.24, 2.45) is 5.92 Å². The summed E-state index contributed by atoms with van der Waals surface area (Å²) in [5.74, 6) is -0.632. The first-order chi connectivity index (χ1) is 13.3. The van der Waals surface area contributed by atoms with Gasteiger partial charge in [-0.05, 0) is 45.8 Å². The van der Waals surface area contributed by atoms with Gasteiger partial charge in [0, 0.05) is 37.2 Å². The van der Waals surface area contributed by atoms with Crippen molar-refractivity contribution in [1.29, 1.82) is 0 Å².